The Hall–Kier alpha value is -3.89. The minimum Gasteiger partial charge on any atom is -0.454 e. The normalized spacial score (nSPS) is 20.9. The summed E-state index contributed by atoms with van der Waals surface area (Å²) < 4.78 is 62.5. The van der Waals surface area contributed by atoms with Gasteiger partial charge in [0.1, 0.15) is 6.10 Å². The minimum atomic E-state index is -4.21. The SMILES string of the molecule is C=C(C)OC(=O)NCCCC(C)(C)CN(C[C@@H](O)[C@H](Cc1ccccc1)NC(=O)O[C@H]1CO[C@H]2OCC[C@H]21)S(=O)(=O)c1ccc2c(c1)OCO2. The van der Waals surface area contributed by atoms with Crippen LogP contribution in [-0.4, -0.2) is 94.2 Å². The van der Waals surface area contributed by atoms with Crippen LogP contribution < -0.4 is 20.1 Å². The van der Waals surface area contributed by atoms with Crippen LogP contribution in [0.15, 0.2) is 65.8 Å². The number of allylic oxidation sites excluding steroid dienone is 1. The van der Waals surface area contributed by atoms with Gasteiger partial charge in [0.2, 0.25) is 16.8 Å². The molecule has 0 unspecified atom stereocenters. The predicted octanol–water partition coefficient (Wildman–Crippen LogP) is 3.93. The first-order valence-corrected chi connectivity index (χ1v) is 18.2. The molecule has 0 aromatic heterocycles. The molecule has 50 heavy (non-hydrogen) atoms. The molecule has 2 fully saturated rings. The molecule has 2 aromatic carbocycles. The Kier molecular flexibility index (Phi) is 12.3. The zero-order valence-corrected chi connectivity index (χ0v) is 29.5. The minimum absolute atomic E-state index is 0.0159. The molecule has 3 aliphatic rings. The van der Waals surface area contributed by atoms with Crippen LogP contribution in [0.3, 0.4) is 0 Å². The Morgan fingerprint density at radius 1 is 1.10 bits per heavy atom. The molecule has 3 N–H and O–H groups in total. The summed E-state index contributed by atoms with van der Waals surface area (Å²) in [5.41, 5.74) is 0.223. The third-order valence-electron chi connectivity index (χ3n) is 8.85. The van der Waals surface area contributed by atoms with Gasteiger partial charge in [-0.3, -0.25) is 0 Å². The van der Waals surface area contributed by atoms with Crippen LogP contribution in [0.4, 0.5) is 9.59 Å². The van der Waals surface area contributed by atoms with Crippen LogP contribution in [0.1, 0.15) is 45.6 Å². The molecule has 274 valence electrons. The number of rotatable bonds is 16. The van der Waals surface area contributed by atoms with Crippen LogP contribution in [0.2, 0.25) is 0 Å². The van der Waals surface area contributed by atoms with Gasteiger partial charge in [0.25, 0.3) is 0 Å². The van der Waals surface area contributed by atoms with E-state index in [1.54, 1.807) is 6.92 Å². The first kappa shape index (κ1) is 37.4. The molecule has 0 saturated carbocycles. The van der Waals surface area contributed by atoms with Gasteiger partial charge in [0.05, 0.1) is 41.9 Å². The van der Waals surface area contributed by atoms with Crippen molar-refractivity contribution in [1.82, 2.24) is 14.9 Å². The zero-order valence-electron chi connectivity index (χ0n) is 28.7. The summed E-state index contributed by atoms with van der Waals surface area (Å²) in [5.74, 6) is 0.927. The van der Waals surface area contributed by atoms with Gasteiger partial charge >= 0.3 is 12.2 Å². The molecule has 15 heteroatoms. The molecule has 0 bridgehead atoms. The third kappa shape index (κ3) is 9.88. The summed E-state index contributed by atoms with van der Waals surface area (Å²) in [6.07, 6.45) is -1.64. The summed E-state index contributed by atoms with van der Waals surface area (Å²) >= 11 is 0. The smallest absolute Gasteiger partial charge is 0.412 e. The molecule has 2 saturated heterocycles. The Labute approximate surface area is 293 Å². The van der Waals surface area contributed by atoms with Crippen molar-refractivity contribution < 1.29 is 51.5 Å². The number of benzene rings is 2. The second-order valence-corrected chi connectivity index (χ2v) is 15.5. The monoisotopic (exact) mass is 717 g/mol. The van der Waals surface area contributed by atoms with Gasteiger partial charge in [0, 0.05) is 25.7 Å². The number of aliphatic hydroxyl groups excluding tert-OH is 1. The standard InChI is InChI=1S/C35H47N3O11S/c1-23(2)48-33(40)36-15-8-14-35(3,4)21-38(50(42,43)25-11-12-29-30(18-25)47-22-46-29)19-28(39)27(17-24-9-6-5-7-10-24)37-34(41)49-31-20-45-32-26(31)13-16-44-32/h5-7,9-12,18,26-28,31-32,39H,1,8,13-17,19-22H2,2-4H3,(H,36,40)(H,37,41)/t26-,27-,28+,31-,32+/m0/s1. The van der Waals surface area contributed by atoms with E-state index in [0.717, 1.165) is 5.56 Å². The lowest BCUT2D eigenvalue weighted by Gasteiger charge is -2.35. The number of nitrogens with zero attached hydrogens (tertiary/aromatic N) is 1. The van der Waals surface area contributed by atoms with Gasteiger partial charge < -0.3 is 44.2 Å². The van der Waals surface area contributed by atoms with Gasteiger partial charge in [0.15, 0.2) is 17.8 Å². The molecule has 5 atom stereocenters. The van der Waals surface area contributed by atoms with E-state index in [1.165, 1.54) is 22.5 Å². The predicted molar refractivity (Wildman–Crippen MR) is 181 cm³/mol. The average molecular weight is 718 g/mol. The van der Waals surface area contributed by atoms with Gasteiger partial charge in [-0.1, -0.05) is 50.8 Å². The first-order valence-electron chi connectivity index (χ1n) is 16.7. The van der Waals surface area contributed by atoms with Gasteiger partial charge in [-0.25, -0.2) is 18.0 Å². The van der Waals surface area contributed by atoms with E-state index in [0.29, 0.717) is 43.9 Å². The summed E-state index contributed by atoms with van der Waals surface area (Å²) in [6.45, 7) is 9.63. The second kappa shape index (κ2) is 16.4. The fraction of sp³-hybridized carbons (Fsp3) is 0.543. The molecular weight excluding hydrogens is 670 g/mol. The van der Waals surface area contributed by atoms with Crippen LogP contribution in [-0.2, 0) is 35.4 Å². The van der Waals surface area contributed by atoms with E-state index in [1.807, 2.05) is 44.2 Å². The molecular formula is C35H47N3O11S. The molecule has 0 radical (unpaired) electrons. The highest BCUT2D eigenvalue weighted by molar-refractivity contribution is 7.89. The highest BCUT2D eigenvalue weighted by Crippen LogP contribution is 2.36. The number of fused-ring (bicyclic) bond motifs is 2. The Balaban J connectivity index is 1.34. The number of sulfonamides is 1. The number of aliphatic hydroxyl groups is 1. The number of alkyl carbamates (subject to hydrolysis) is 2. The second-order valence-electron chi connectivity index (χ2n) is 13.6. The lowest BCUT2D eigenvalue weighted by atomic mass is 9.87. The maximum atomic E-state index is 14.3. The topological polar surface area (TPSA) is 171 Å². The van der Waals surface area contributed by atoms with Crippen molar-refractivity contribution in [2.75, 3.05) is 39.6 Å². The van der Waals surface area contributed by atoms with Crippen LogP contribution >= 0.6 is 0 Å². The number of amides is 2. The molecule has 3 aliphatic heterocycles. The number of hydrogen-bond acceptors (Lipinski definition) is 11. The maximum Gasteiger partial charge on any atom is 0.412 e. The summed E-state index contributed by atoms with van der Waals surface area (Å²) in [4.78, 5) is 25.1. The number of hydrogen-bond donors (Lipinski definition) is 3. The highest BCUT2D eigenvalue weighted by Gasteiger charge is 2.44. The third-order valence-corrected chi connectivity index (χ3v) is 10.7. The summed E-state index contributed by atoms with van der Waals surface area (Å²) in [7, 11) is -4.21. The largest absolute Gasteiger partial charge is 0.454 e. The van der Waals surface area contributed by atoms with Crippen molar-refractivity contribution in [3.05, 3.63) is 66.4 Å². The van der Waals surface area contributed by atoms with Crippen molar-refractivity contribution in [3.8, 4) is 11.5 Å². The Morgan fingerprint density at radius 2 is 1.86 bits per heavy atom. The van der Waals surface area contributed by atoms with E-state index >= 15 is 0 Å². The van der Waals surface area contributed by atoms with Crippen molar-refractivity contribution >= 4 is 22.2 Å². The summed E-state index contributed by atoms with van der Waals surface area (Å²) in [6, 6.07) is 12.7. The Bertz CT molecular complexity index is 1600. The number of carbonyl (C=O) groups is 2. The quantitative estimate of drug-likeness (QED) is 0.170. The zero-order chi connectivity index (χ0) is 35.9. The maximum absolute atomic E-state index is 14.3. The number of nitrogens with one attached hydrogen (secondary N) is 2. The van der Waals surface area contributed by atoms with Crippen molar-refractivity contribution in [2.24, 2.45) is 11.3 Å². The number of ether oxygens (including phenoxy) is 6. The van der Waals surface area contributed by atoms with Crippen molar-refractivity contribution in [3.63, 3.8) is 0 Å². The van der Waals surface area contributed by atoms with E-state index < -0.39 is 52.2 Å². The lowest BCUT2D eigenvalue weighted by molar-refractivity contribution is -0.0907. The Morgan fingerprint density at radius 3 is 2.62 bits per heavy atom. The van der Waals surface area contributed by atoms with Gasteiger partial charge in [-0.15, -0.1) is 0 Å². The van der Waals surface area contributed by atoms with Crippen LogP contribution in [0, 0.1) is 11.3 Å². The van der Waals surface area contributed by atoms with E-state index in [2.05, 4.69) is 17.2 Å². The van der Waals surface area contributed by atoms with Crippen molar-refractivity contribution in [2.45, 2.75) is 75.9 Å². The fourth-order valence-corrected chi connectivity index (χ4v) is 7.96. The van der Waals surface area contributed by atoms with E-state index in [-0.39, 0.29) is 49.5 Å². The average Bonchev–Trinajstić information content (AvgIpc) is 3.81. The molecule has 14 nitrogen and oxygen atoms in total. The van der Waals surface area contributed by atoms with E-state index in [4.69, 9.17) is 28.4 Å². The molecule has 5 rings (SSSR count). The molecule has 0 spiro atoms. The fourth-order valence-electron chi connectivity index (χ4n) is 6.30. The van der Waals surface area contributed by atoms with Gasteiger partial charge in [-0.2, -0.15) is 4.31 Å². The highest BCUT2D eigenvalue weighted by atomic mass is 32.2. The number of carbonyl (C=O) groups excluding carboxylic acids is 2. The van der Waals surface area contributed by atoms with Crippen LogP contribution in [0.25, 0.3) is 0 Å². The van der Waals surface area contributed by atoms with E-state index in [9.17, 15) is 23.1 Å². The first-order chi connectivity index (χ1) is 23.8. The lowest BCUT2D eigenvalue weighted by Crippen LogP contribution is -2.52. The molecule has 0 aliphatic carbocycles. The molecule has 2 aromatic rings. The van der Waals surface area contributed by atoms with Gasteiger partial charge in [-0.05, 0) is 55.7 Å². The van der Waals surface area contributed by atoms with Crippen molar-refractivity contribution in [1.29, 1.82) is 0 Å². The summed E-state index contributed by atoms with van der Waals surface area (Å²) in [5, 5.41) is 17.2. The van der Waals surface area contributed by atoms with Crippen LogP contribution in [0.5, 0.6) is 11.5 Å². The molecule has 3 heterocycles. The molecule has 2 amide bonds.